The molecule has 0 saturated carbocycles. The van der Waals surface area contributed by atoms with Gasteiger partial charge < -0.3 is 0 Å². The smallest absolute Gasteiger partial charge is 0.0596 e. The Morgan fingerprint density at radius 2 is 2.00 bits per heavy atom. The average molecular weight is 330 g/mol. The predicted octanol–water partition coefficient (Wildman–Crippen LogP) is 6.01. The molecule has 1 unspecified atom stereocenters. The maximum Gasteiger partial charge on any atom is 0.0596 e. The minimum atomic E-state index is 0.373. The van der Waals surface area contributed by atoms with Gasteiger partial charge in [-0.15, -0.1) is 11.6 Å². The maximum atomic E-state index is 6.21. The second-order valence-corrected chi connectivity index (χ2v) is 5.35. The summed E-state index contributed by atoms with van der Waals surface area (Å²) in [6.45, 7) is 4.25. The second kappa shape index (κ2) is 5.77. The van der Waals surface area contributed by atoms with Crippen molar-refractivity contribution in [3.63, 3.8) is 0 Å². The molecule has 0 aliphatic heterocycles. The van der Waals surface area contributed by atoms with E-state index in [2.05, 4.69) is 29.8 Å². The molecule has 1 aromatic carbocycles. The highest BCUT2D eigenvalue weighted by Crippen LogP contribution is 2.40. The van der Waals surface area contributed by atoms with Gasteiger partial charge in [-0.2, -0.15) is 0 Å². The number of alkyl halides is 1. The molecule has 0 bridgehead atoms. The Bertz CT molecular complexity index is 363. The minimum Gasteiger partial charge on any atom is -0.121 e. The van der Waals surface area contributed by atoms with E-state index < -0.39 is 0 Å². The first-order valence-electron chi connectivity index (χ1n) is 4.75. The Labute approximate surface area is 114 Å². The van der Waals surface area contributed by atoms with Gasteiger partial charge in [0.25, 0.3) is 0 Å². The molecular formula is C11H12BrCl3. The molecule has 0 heterocycles. The molecule has 0 aliphatic rings. The molecule has 0 spiro atoms. The quantitative estimate of drug-likeness (QED) is 0.470. The molecule has 0 radical (unpaired) electrons. The third-order valence-electron chi connectivity index (χ3n) is 2.52. The van der Waals surface area contributed by atoms with Crippen LogP contribution in [0.15, 0.2) is 10.5 Å². The van der Waals surface area contributed by atoms with E-state index in [9.17, 15) is 0 Å². The zero-order chi connectivity index (χ0) is 11.6. The Morgan fingerprint density at radius 1 is 1.40 bits per heavy atom. The highest BCUT2D eigenvalue weighted by Gasteiger charge is 2.17. The Kier molecular flexibility index (Phi) is 5.24. The molecule has 1 atom stereocenters. The summed E-state index contributed by atoms with van der Waals surface area (Å²) in [7, 11) is 0. The van der Waals surface area contributed by atoms with Gasteiger partial charge in [0.15, 0.2) is 0 Å². The van der Waals surface area contributed by atoms with Gasteiger partial charge in [0.2, 0.25) is 0 Å². The molecule has 0 N–H and O–H groups in total. The Balaban J connectivity index is 3.35. The summed E-state index contributed by atoms with van der Waals surface area (Å²) in [6.07, 6.45) is 1.02. The topological polar surface area (TPSA) is 0 Å². The Hall–Kier alpha value is 0.570. The van der Waals surface area contributed by atoms with E-state index in [0.29, 0.717) is 16.8 Å². The van der Waals surface area contributed by atoms with Crippen LogP contribution in [0.1, 0.15) is 37.3 Å². The van der Waals surface area contributed by atoms with E-state index in [4.69, 9.17) is 34.8 Å². The zero-order valence-electron chi connectivity index (χ0n) is 8.58. The van der Waals surface area contributed by atoms with Gasteiger partial charge in [-0.05, 0) is 45.5 Å². The van der Waals surface area contributed by atoms with Crippen LogP contribution < -0.4 is 0 Å². The number of hydrogen-bond acceptors (Lipinski definition) is 0. The Morgan fingerprint density at radius 3 is 2.47 bits per heavy atom. The van der Waals surface area contributed by atoms with Crippen molar-refractivity contribution < 1.29 is 0 Å². The predicted molar refractivity (Wildman–Crippen MR) is 72.4 cm³/mol. The minimum absolute atomic E-state index is 0.373. The lowest BCUT2D eigenvalue weighted by Crippen LogP contribution is -1.97. The lowest BCUT2D eigenvalue weighted by molar-refractivity contribution is 0.730. The van der Waals surface area contributed by atoms with E-state index in [1.165, 1.54) is 0 Å². The summed E-state index contributed by atoms with van der Waals surface area (Å²) in [5.41, 5.74) is 1.93. The fourth-order valence-electron chi connectivity index (χ4n) is 1.41. The molecule has 0 saturated heterocycles. The first-order valence-corrected chi connectivity index (χ1v) is 6.83. The fourth-order valence-corrected chi connectivity index (χ4v) is 3.30. The molecule has 1 aromatic rings. The van der Waals surface area contributed by atoms with Gasteiger partial charge in [-0.1, -0.05) is 37.0 Å². The second-order valence-electron chi connectivity index (χ2n) is 3.50. The summed E-state index contributed by atoms with van der Waals surface area (Å²) in [6, 6.07) is 1.85. The largest absolute Gasteiger partial charge is 0.121 e. The van der Waals surface area contributed by atoms with Gasteiger partial charge in [0.1, 0.15) is 0 Å². The van der Waals surface area contributed by atoms with E-state index >= 15 is 0 Å². The van der Waals surface area contributed by atoms with Crippen molar-refractivity contribution in [3.05, 3.63) is 31.7 Å². The summed E-state index contributed by atoms with van der Waals surface area (Å²) in [4.78, 5) is 0. The first kappa shape index (κ1) is 13.6. The summed E-state index contributed by atoms with van der Waals surface area (Å²) in [5, 5.41) is 1.40. The van der Waals surface area contributed by atoms with Crippen molar-refractivity contribution in [1.29, 1.82) is 0 Å². The standard InChI is InChI=1S/C11H12BrCl3/c1-3-6(2)9-8(14)4-7(5-13)11(15)10(9)12/h4,6H,3,5H2,1-2H3. The van der Waals surface area contributed by atoms with Crippen molar-refractivity contribution in [2.45, 2.75) is 32.1 Å². The molecule has 0 fully saturated rings. The summed E-state index contributed by atoms with van der Waals surface area (Å²) in [5.74, 6) is 0.756. The van der Waals surface area contributed by atoms with Crippen LogP contribution in [0.4, 0.5) is 0 Å². The van der Waals surface area contributed by atoms with Crippen LogP contribution in [-0.2, 0) is 5.88 Å². The van der Waals surface area contributed by atoms with Crippen molar-refractivity contribution >= 4 is 50.7 Å². The highest BCUT2D eigenvalue weighted by atomic mass is 79.9. The molecule has 0 nitrogen and oxygen atoms in total. The highest BCUT2D eigenvalue weighted by molar-refractivity contribution is 9.10. The number of halogens is 4. The first-order chi connectivity index (χ1) is 7.02. The normalized spacial score (nSPS) is 12.9. The van der Waals surface area contributed by atoms with Crippen LogP contribution in [0.2, 0.25) is 10.0 Å². The molecule has 0 aromatic heterocycles. The molecule has 4 heteroatoms. The van der Waals surface area contributed by atoms with Gasteiger partial charge in [0.05, 0.1) is 5.02 Å². The van der Waals surface area contributed by atoms with Gasteiger partial charge in [-0.25, -0.2) is 0 Å². The molecular weight excluding hydrogens is 318 g/mol. The monoisotopic (exact) mass is 328 g/mol. The number of benzene rings is 1. The third kappa shape index (κ3) is 2.82. The van der Waals surface area contributed by atoms with E-state index in [1.807, 2.05) is 6.07 Å². The maximum absolute atomic E-state index is 6.21. The molecule has 15 heavy (non-hydrogen) atoms. The molecule has 1 rings (SSSR count). The average Bonchev–Trinajstić information content (AvgIpc) is 2.23. The molecule has 84 valence electrons. The summed E-state index contributed by atoms with van der Waals surface area (Å²) >= 11 is 21.7. The summed E-state index contributed by atoms with van der Waals surface area (Å²) < 4.78 is 0.877. The van der Waals surface area contributed by atoms with Crippen molar-refractivity contribution in [2.75, 3.05) is 0 Å². The van der Waals surface area contributed by atoms with Crippen LogP contribution in [0, 0.1) is 0 Å². The van der Waals surface area contributed by atoms with Crippen LogP contribution in [0.3, 0.4) is 0 Å². The van der Waals surface area contributed by atoms with E-state index in [1.54, 1.807) is 0 Å². The van der Waals surface area contributed by atoms with Crippen LogP contribution in [-0.4, -0.2) is 0 Å². The van der Waals surface area contributed by atoms with Crippen molar-refractivity contribution in [3.8, 4) is 0 Å². The van der Waals surface area contributed by atoms with Crippen LogP contribution >= 0.6 is 50.7 Å². The van der Waals surface area contributed by atoms with Crippen LogP contribution in [0.5, 0.6) is 0 Å². The number of hydrogen-bond donors (Lipinski definition) is 0. The van der Waals surface area contributed by atoms with Crippen molar-refractivity contribution in [2.24, 2.45) is 0 Å². The number of rotatable bonds is 3. The van der Waals surface area contributed by atoms with Crippen molar-refractivity contribution in [1.82, 2.24) is 0 Å². The van der Waals surface area contributed by atoms with E-state index in [-0.39, 0.29) is 0 Å². The lowest BCUT2D eigenvalue weighted by Gasteiger charge is -2.16. The van der Waals surface area contributed by atoms with E-state index in [0.717, 1.165) is 27.0 Å². The third-order valence-corrected chi connectivity index (χ3v) is 4.60. The fraction of sp³-hybridized carbons (Fsp3) is 0.455. The van der Waals surface area contributed by atoms with Gasteiger partial charge in [-0.3, -0.25) is 0 Å². The SMILES string of the molecule is CCC(C)c1c(Cl)cc(CCl)c(Cl)c1Br. The lowest BCUT2D eigenvalue weighted by atomic mass is 9.97. The molecule has 0 aliphatic carbocycles. The molecule has 0 amide bonds. The van der Waals surface area contributed by atoms with Gasteiger partial charge >= 0.3 is 0 Å². The van der Waals surface area contributed by atoms with Crippen LogP contribution in [0.25, 0.3) is 0 Å². The van der Waals surface area contributed by atoms with Gasteiger partial charge in [0, 0.05) is 15.4 Å². The zero-order valence-corrected chi connectivity index (χ0v) is 12.4.